The number of unbranched alkanes of at least 4 members (excludes halogenated alkanes) is 2. The number of fused-ring (bicyclic) bond motifs is 2. The van der Waals surface area contributed by atoms with Gasteiger partial charge in [0.2, 0.25) is 0 Å². The molecule has 4 aliphatic rings. The fraction of sp³-hybridized carbons (Fsp3) is 0.419. The molecule has 2 N–H and O–H groups in total. The molecular weight excluding hydrogens is 654 g/mol. The van der Waals surface area contributed by atoms with Gasteiger partial charge in [0.25, 0.3) is 5.91 Å². The average molecular weight is 706 g/mol. The van der Waals surface area contributed by atoms with E-state index in [2.05, 4.69) is 66.5 Å². The Morgan fingerprint density at radius 2 is 1.58 bits per heavy atom. The topological polar surface area (TPSA) is 92.7 Å². The molecule has 4 aromatic carbocycles. The molecule has 9 nitrogen and oxygen atoms in total. The van der Waals surface area contributed by atoms with Crippen molar-refractivity contribution in [1.82, 2.24) is 15.1 Å². The predicted molar refractivity (Wildman–Crippen MR) is 202 cm³/mol. The van der Waals surface area contributed by atoms with E-state index < -0.39 is 0 Å². The highest BCUT2D eigenvalue weighted by atomic mass is 16.5. The quantitative estimate of drug-likeness (QED) is 0.182. The van der Waals surface area contributed by atoms with E-state index in [0.717, 1.165) is 73.9 Å². The number of methoxy groups -OCH3 is 2. The average Bonchev–Trinajstić information content (AvgIpc) is 3.15. The van der Waals surface area contributed by atoms with Crippen LogP contribution >= 0.6 is 0 Å². The van der Waals surface area contributed by atoms with Crippen LogP contribution in [-0.4, -0.2) is 68.8 Å². The zero-order valence-corrected chi connectivity index (χ0v) is 31.1. The van der Waals surface area contributed by atoms with Crippen molar-refractivity contribution in [1.29, 1.82) is 0 Å². The Bertz CT molecular complexity index is 1930. The molecular formula is C43H51N3O6. The number of carbonyl (C=O) groups is 1. The van der Waals surface area contributed by atoms with Crippen LogP contribution in [0.5, 0.6) is 34.5 Å². The zero-order valence-electron chi connectivity index (χ0n) is 31.1. The summed E-state index contributed by atoms with van der Waals surface area (Å²) < 4.78 is 25.6. The molecule has 4 aliphatic heterocycles. The standard InChI is InChI=1S/C43H51N3O6/c1-6-7-8-17-44-43(48)33-14-11-28-21-35-34-25-39(38(49-4)24-29(34)15-18-45(35)2)52-42-40-30(23-31(26-47)41(42)50-5)16-19-46(3)36(40)20-27-9-12-32(13-10-27)51-37(33)22-28/h9-14,22-25,35-36,47H,6-8,15-21,26H2,1-5H3,(H,44,48)/t35-,36+/m1/s1. The highest BCUT2D eigenvalue weighted by Gasteiger charge is 2.34. The maximum absolute atomic E-state index is 13.5. The van der Waals surface area contributed by atoms with Gasteiger partial charge in [-0.2, -0.15) is 0 Å². The fourth-order valence-corrected chi connectivity index (χ4v) is 8.07. The lowest BCUT2D eigenvalue weighted by Crippen LogP contribution is -2.34. The summed E-state index contributed by atoms with van der Waals surface area (Å²) in [5.41, 5.74) is 8.02. The monoisotopic (exact) mass is 705 g/mol. The lowest BCUT2D eigenvalue weighted by atomic mass is 9.86. The van der Waals surface area contributed by atoms with Gasteiger partial charge in [0.1, 0.15) is 11.5 Å². The number of carbonyl (C=O) groups excluding carboxylic acids is 1. The van der Waals surface area contributed by atoms with Crippen LogP contribution in [0.1, 0.15) is 87.6 Å². The molecule has 1 amide bonds. The molecule has 0 aliphatic carbocycles. The summed E-state index contributed by atoms with van der Waals surface area (Å²) >= 11 is 0. The molecule has 0 unspecified atom stereocenters. The second-order valence-corrected chi connectivity index (χ2v) is 14.4. The first-order chi connectivity index (χ1) is 25.3. The number of amides is 1. The molecule has 0 aromatic heterocycles. The molecule has 0 radical (unpaired) electrons. The molecule has 6 bridgehead atoms. The van der Waals surface area contributed by atoms with E-state index in [-0.39, 0.29) is 24.6 Å². The second kappa shape index (κ2) is 15.6. The predicted octanol–water partition coefficient (Wildman–Crippen LogP) is 7.56. The molecule has 0 spiro atoms. The Balaban J connectivity index is 1.39. The van der Waals surface area contributed by atoms with Crippen LogP contribution in [0.15, 0.2) is 60.7 Å². The molecule has 8 rings (SSSR count). The molecule has 0 saturated heterocycles. The Kier molecular flexibility index (Phi) is 10.7. The smallest absolute Gasteiger partial charge is 0.255 e. The van der Waals surface area contributed by atoms with Crippen LogP contribution in [-0.2, 0) is 32.3 Å². The Hall–Kier alpha value is -4.57. The van der Waals surface area contributed by atoms with E-state index >= 15 is 0 Å². The molecule has 4 aromatic rings. The lowest BCUT2D eigenvalue weighted by molar-refractivity contribution is 0.0950. The minimum atomic E-state index is -0.162. The molecule has 0 saturated carbocycles. The third-order valence-electron chi connectivity index (χ3n) is 11.0. The number of aliphatic hydroxyl groups is 1. The maximum Gasteiger partial charge on any atom is 0.255 e. The van der Waals surface area contributed by atoms with Crippen molar-refractivity contribution in [3.8, 4) is 34.5 Å². The van der Waals surface area contributed by atoms with Gasteiger partial charge in [-0.25, -0.2) is 0 Å². The van der Waals surface area contributed by atoms with Crippen molar-refractivity contribution in [2.75, 3.05) is 47.9 Å². The number of nitrogens with one attached hydrogen (secondary N) is 1. The Morgan fingerprint density at radius 3 is 2.31 bits per heavy atom. The largest absolute Gasteiger partial charge is 0.493 e. The molecule has 4 heterocycles. The Morgan fingerprint density at radius 1 is 0.846 bits per heavy atom. The molecule has 0 fully saturated rings. The minimum absolute atomic E-state index is 0.0202. The maximum atomic E-state index is 13.5. The third-order valence-corrected chi connectivity index (χ3v) is 11.0. The van der Waals surface area contributed by atoms with Gasteiger partial charge in [-0.3, -0.25) is 14.6 Å². The van der Waals surface area contributed by atoms with Crippen molar-refractivity contribution >= 4 is 5.91 Å². The van der Waals surface area contributed by atoms with Crippen molar-refractivity contribution in [2.45, 2.75) is 70.6 Å². The summed E-state index contributed by atoms with van der Waals surface area (Å²) in [6.07, 6.45) is 6.24. The number of hydrogen-bond acceptors (Lipinski definition) is 8. The number of likely N-dealkylation sites (N-methyl/N-ethyl adjacent to an activating group) is 2. The fourth-order valence-electron chi connectivity index (χ4n) is 8.07. The van der Waals surface area contributed by atoms with Gasteiger partial charge >= 0.3 is 0 Å². The molecule has 9 heteroatoms. The van der Waals surface area contributed by atoms with Crippen LogP contribution < -0.4 is 24.3 Å². The number of nitrogens with zero attached hydrogens (tertiary/aromatic N) is 2. The number of benzene rings is 4. The highest BCUT2D eigenvalue weighted by molar-refractivity contribution is 5.97. The van der Waals surface area contributed by atoms with Gasteiger partial charge in [0, 0.05) is 42.8 Å². The van der Waals surface area contributed by atoms with Crippen molar-refractivity contribution < 1.29 is 28.8 Å². The van der Waals surface area contributed by atoms with Crippen molar-refractivity contribution in [2.24, 2.45) is 0 Å². The van der Waals surface area contributed by atoms with E-state index in [1.807, 2.05) is 30.3 Å². The van der Waals surface area contributed by atoms with Gasteiger partial charge in [0.05, 0.1) is 26.4 Å². The summed E-state index contributed by atoms with van der Waals surface area (Å²) in [6, 6.07) is 20.5. The van der Waals surface area contributed by atoms with Crippen LogP contribution in [0.25, 0.3) is 0 Å². The number of rotatable bonds is 8. The van der Waals surface area contributed by atoms with E-state index in [4.69, 9.17) is 18.9 Å². The van der Waals surface area contributed by atoms with E-state index in [1.165, 1.54) is 11.1 Å². The number of aliphatic hydroxyl groups excluding tert-OH is 1. The minimum Gasteiger partial charge on any atom is -0.493 e. The summed E-state index contributed by atoms with van der Waals surface area (Å²) in [6.45, 7) is 4.39. The van der Waals surface area contributed by atoms with Gasteiger partial charge in [-0.15, -0.1) is 0 Å². The van der Waals surface area contributed by atoms with Crippen LogP contribution in [0, 0.1) is 0 Å². The number of hydrogen-bond donors (Lipinski definition) is 2. The van der Waals surface area contributed by atoms with Crippen molar-refractivity contribution in [3.05, 3.63) is 105 Å². The van der Waals surface area contributed by atoms with Gasteiger partial charge < -0.3 is 29.4 Å². The van der Waals surface area contributed by atoms with E-state index in [1.54, 1.807) is 14.2 Å². The van der Waals surface area contributed by atoms with Crippen LogP contribution in [0.4, 0.5) is 0 Å². The number of ether oxygens (including phenoxy) is 4. The highest BCUT2D eigenvalue weighted by Crippen LogP contribution is 2.50. The van der Waals surface area contributed by atoms with Crippen LogP contribution in [0.2, 0.25) is 0 Å². The van der Waals surface area contributed by atoms with Gasteiger partial charge in [-0.1, -0.05) is 38.0 Å². The summed E-state index contributed by atoms with van der Waals surface area (Å²) in [5, 5.41) is 13.6. The lowest BCUT2D eigenvalue weighted by Gasteiger charge is -2.37. The van der Waals surface area contributed by atoms with E-state index in [9.17, 15) is 9.90 Å². The molecule has 274 valence electrons. The molecule has 2 atom stereocenters. The van der Waals surface area contributed by atoms with Crippen LogP contribution in [0.3, 0.4) is 0 Å². The first-order valence-electron chi connectivity index (χ1n) is 18.6. The Labute approximate surface area is 307 Å². The summed E-state index contributed by atoms with van der Waals surface area (Å²) in [5.74, 6) is 3.52. The third kappa shape index (κ3) is 7.09. The van der Waals surface area contributed by atoms with Gasteiger partial charge in [0.15, 0.2) is 23.0 Å². The zero-order chi connectivity index (χ0) is 36.4. The van der Waals surface area contributed by atoms with E-state index in [0.29, 0.717) is 58.6 Å². The second-order valence-electron chi connectivity index (χ2n) is 14.4. The first kappa shape index (κ1) is 35.8. The summed E-state index contributed by atoms with van der Waals surface area (Å²) in [4.78, 5) is 18.2. The van der Waals surface area contributed by atoms with Crippen molar-refractivity contribution in [3.63, 3.8) is 0 Å². The molecule has 52 heavy (non-hydrogen) atoms. The first-order valence-corrected chi connectivity index (χ1v) is 18.6. The summed E-state index contributed by atoms with van der Waals surface area (Å²) in [7, 11) is 7.62. The normalized spacial score (nSPS) is 18.3. The van der Waals surface area contributed by atoms with Gasteiger partial charge in [-0.05, 0) is 116 Å². The SMILES string of the molecule is CCCCCNC(=O)c1ccc2cc1Oc1ccc(cc1)C[C@H]1c3c(cc(CO)c(OC)c3Oc3cc4c(cc3OC)CCN(C)[C@@H]4C2)CCN1C.